The van der Waals surface area contributed by atoms with Crippen molar-refractivity contribution in [2.45, 2.75) is 32.4 Å². The van der Waals surface area contributed by atoms with Crippen LogP contribution >= 0.6 is 11.6 Å². The number of hydrogen-bond donors (Lipinski definition) is 3. The summed E-state index contributed by atoms with van der Waals surface area (Å²) in [6.45, 7) is 6.27. The maximum absolute atomic E-state index is 11.5. The lowest BCUT2D eigenvalue weighted by molar-refractivity contribution is -0.121. The average Bonchev–Trinajstić information content (AvgIpc) is 2.27. The van der Waals surface area contributed by atoms with Crippen LogP contribution in [0, 0.1) is 0 Å². The first kappa shape index (κ1) is 16.0. The van der Waals surface area contributed by atoms with Crippen LogP contribution in [0.5, 0.6) is 0 Å². The second-order valence-electron chi connectivity index (χ2n) is 5.50. The summed E-state index contributed by atoms with van der Waals surface area (Å²) in [7, 11) is 0. The highest BCUT2D eigenvalue weighted by Gasteiger charge is 2.14. The Morgan fingerprint density at radius 2 is 1.89 bits per heavy atom. The highest BCUT2D eigenvalue weighted by Crippen LogP contribution is 2.15. The van der Waals surface area contributed by atoms with E-state index in [1.54, 1.807) is 24.3 Å². The average molecular weight is 285 g/mol. The van der Waals surface area contributed by atoms with Crippen LogP contribution in [0.2, 0.25) is 5.02 Å². The van der Waals surface area contributed by atoms with E-state index in [2.05, 4.69) is 10.6 Å². The summed E-state index contributed by atoms with van der Waals surface area (Å²) in [6, 6.07) is 6.99. The van der Waals surface area contributed by atoms with E-state index < -0.39 is 6.10 Å². The zero-order chi connectivity index (χ0) is 14.5. The molecule has 0 bridgehead atoms. The topological polar surface area (TPSA) is 61.4 Å². The first-order valence-corrected chi connectivity index (χ1v) is 6.61. The van der Waals surface area contributed by atoms with Gasteiger partial charge in [-0.2, -0.15) is 0 Å². The second kappa shape index (κ2) is 6.89. The Bertz CT molecular complexity index is 412. The fraction of sp³-hybridized carbons (Fsp3) is 0.500. The number of nitrogens with one attached hydrogen (secondary N) is 2. The van der Waals surface area contributed by atoms with E-state index in [9.17, 15) is 9.90 Å². The standard InChI is InChI=1S/C14H21ClN2O2/c1-14(2,3)17-13(19)9-16-8-12(18)10-4-6-11(15)7-5-10/h4-7,12,16,18H,8-9H2,1-3H3,(H,17,19). The van der Waals surface area contributed by atoms with Crippen LogP contribution in [0.4, 0.5) is 0 Å². The maximum Gasteiger partial charge on any atom is 0.234 e. The quantitative estimate of drug-likeness (QED) is 0.774. The summed E-state index contributed by atoms with van der Waals surface area (Å²) in [5.41, 5.74) is 0.529. The molecule has 1 rings (SSSR count). The Morgan fingerprint density at radius 3 is 2.42 bits per heavy atom. The number of benzene rings is 1. The van der Waals surface area contributed by atoms with Gasteiger partial charge in [0.1, 0.15) is 0 Å². The third-order valence-electron chi connectivity index (χ3n) is 2.39. The molecule has 0 radical (unpaired) electrons. The van der Waals surface area contributed by atoms with Crippen molar-refractivity contribution in [3.8, 4) is 0 Å². The third-order valence-corrected chi connectivity index (χ3v) is 2.64. The molecule has 0 aromatic heterocycles. The van der Waals surface area contributed by atoms with Gasteiger partial charge in [-0.3, -0.25) is 4.79 Å². The van der Waals surface area contributed by atoms with Crippen LogP contribution in [-0.4, -0.2) is 29.6 Å². The molecule has 1 aromatic carbocycles. The molecule has 0 saturated carbocycles. The number of aliphatic hydroxyl groups excluding tert-OH is 1. The van der Waals surface area contributed by atoms with E-state index in [0.717, 1.165) is 5.56 Å². The predicted molar refractivity (Wildman–Crippen MR) is 77.2 cm³/mol. The molecule has 0 aliphatic rings. The van der Waals surface area contributed by atoms with Crippen LogP contribution in [0.3, 0.4) is 0 Å². The van der Waals surface area contributed by atoms with Crippen LogP contribution in [0.25, 0.3) is 0 Å². The van der Waals surface area contributed by atoms with Crippen molar-refractivity contribution >= 4 is 17.5 Å². The SMILES string of the molecule is CC(C)(C)NC(=O)CNCC(O)c1ccc(Cl)cc1. The summed E-state index contributed by atoms with van der Waals surface area (Å²) in [4.78, 5) is 11.5. The molecule has 1 atom stereocenters. The largest absolute Gasteiger partial charge is 0.387 e. The molecule has 1 aromatic rings. The molecule has 0 saturated heterocycles. The number of amides is 1. The molecule has 1 unspecified atom stereocenters. The van der Waals surface area contributed by atoms with Crippen molar-refractivity contribution in [1.29, 1.82) is 0 Å². The van der Waals surface area contributed by atoms with E-state index in [-0.39, 0.29) is 18.0 Å². The smallest absolute Gasteiger partial charge is 0.234 e. The monoisotopic (exact) mass is 284 g/mol. The first-order valence-electron chi connectivity index (χ1n) is 6.23. The fourth-order valence-corrected chi connectivity index (χ4v) is 1.71. The zero-order valence-corrected chi connectivity index (χ0v) is 12.3. The third kappa shape index (κ3) is 6.57. The predicted octanol–water partition coefficient (Wildman–Crippen LogP) is 1.88. The number of hydrogen-bond acceptors (Lipinski definition) is 3. The minimum atomic E-state index is -0.653. The van der Waals surface area contributed by atoms with Gasteiger partial charge in [-0.15, -0.1) is 0 Å². The molecule has 0 aliphatic heterocycles. The molecule has 106 valence electrons. The minimum Gasteiger partial charge on any atom is -0.387 e. The first-order chi connectivity index (χ1) is 8.78. The van der Waals surface area contributed by atoms with E-state index >= 15 is 0 Å². The van der Waals surface area contributed by atoms with Gasteiger partial charge in [0.15, 0.2) is 0 Å². The van der Waals surface area contributed by atoms with Crippen LogP contribution in [-0.2, 0) is 4.79 Å². The van der Waals surface area contributed by atoms with Gasteiger partial charge in [0, 0.05) is 17.1 Å². The van der Waals surface area contributed by atoms with E-state index in [1.807, 2.05) is 20.8 Å². The number of carbonyl (C=O) groups excluding carboxylic acids is 1. The summed E-state index contributed by atoms with van der Waals surface area (Å²) in [5.74, 6) is -0.0872. The van der Waals surface area contributed by atoms with Gasteiger partial charge >= 0.3 is 0 Å². The lowest BCUT2D eigenvalue weighted by atomic mass is 10.1. The van der Waals surface area contributed by atoms with Crippen LogP contribution in [0.15, 0.2) is 24.3 Å². The summed E-state index contributed by atoms with van der Waals surface area (Å²) in [6.07, 6.45) is -0.653. The number of aliphatic hydroxyl groups is 1. The van der Waals surface area contributed by atoms with Gasteiger partial charge in [-0.05, 0) is 38.5 Å². The molecule has 4 nitrogen and oxygen atoms in total. The van der Waals surface area contributed by atoms with Gasteiger partial charge < -0.3 is 15.7 Å². The maximum atomic E-state index is 11.5. The second-order valence-corrected chi connectivity index (χ2v) is 5.93. The van der Waals surface area contributed by atoms with Crippen LogP contribution < -0.4 is 10.6 Å². The van der Waals surface area contributed by atoms with Crippen molar-refractivity contribution in [3.05, 3.63) is 34.9 Å². The Kier molecular flexibility index (Phi) is 5.79. The molecule has 0 heterocycles. The minimum absolute atomic E-state index is 0.0872. The molecule has 0 fully saturated rings. The fourth-order valence-electron chi connectivity index (χ4n) is 1.59. The molecular formula is C14H21ClN2O2. The van der Waals surface area contributed by atoms with E-state index in [1.165, 1.54) is 0 Å². The van der Waals surface area contributed by atoms with Crippen molar-refractivity contribution in [1.82, 2.24) is 10.6 Å². The van der Waals surface area contributed by atoms with Crippen molar-refractivity contribution < 1.29 is 9.90 Å². The van der Waals surface area contributed by atoms with Crippen LogP contribution in [0.1, 0.15) is 32.4 Å². The lowest BCUT2D eigenvalue weighted by Gasteiger charge is -2.21. The van der Waals surface area contributed by atoms with E-state index in [0.29, 0.717) is 11.6 Å². The highest BCUT2D eigenvalue weighted by molar-refractivity contribution is 6.30. The zero-order valence-electron chi connectivity index (χ0n) is 11.5. The molecule has 0 aliphatic carbocycles. The lowest BCUT2D eigenvalue weighted by Crippen LogP contribution is -2.45. The Labute approximate surface area is 119 Å². The summed E-state index contributed by atoms with van der Waals surface area (Å²) < 4.78 is 0. The molecular weight excluding hydrogens is 264 g/mol. The number of rotatable bonds is 5. The summed E-state index contributed by atoms with van der Waals surface area (Å²) in [5, 5.41) is 16.3. The van der Waals surface area contributed by atoms with Crippen molar-refractivity contribution in [2.24, 2.45) is 0 Å². The van der Waals surface area contributed by atoms with Crippen molar-refractivity contribution in [3.63, 3.8) is 0 Å². The van der Waals surface area contributed by atoms with E-state index in [4.69, 9.17) is 11.6 Å². The summed E-state index contributed by atoms with van der Waals surface area (Å²) >= 11 is 5.77. The number of halogens is 1. The van der Waals surface area contributed by atoms with Crippen molar-refractivity contribution in [2.75, 3.05) is 13.1 Å². The number of carbonyl (C=O) groups is 1. The normalized spacial score (nSPS) is 13.1. The van der Waals surface area contributed by atoms with Gasteiger partial charge in [0.2, 0.25) is 5.91 Å². The molecule has 3 N–H and O–H groups in total. The molecule has 5 heteroatoms. The Morgan fingerprint density at radius 1 is 1.32 bits per heavy atom. The van der Waals surface area contributed by atoms with Gasteiger partial charge in [0.25, 0.3) is 0 Å². The van der Waals surface area contributed by atoms with Gasteiger partial charge in [-0.25, -0.2) is 0 Å². The highest BCUT2D eigenvalue weighted by atomic mass is 35.5. The molecule has 1 amide bonds. The molecule has 19 heavy (non-hydrogen) atoms. The molecule has 0 spiro atoms. The Hall–Kier alpha value is -1.10. The van der Waals surface area contributed by atoms with Gasteiger partial charge in [-0.1, -0.05) is 23.7 Å². The van der Waals surface area contributed by atoms with Gasteiger partial charge in [0.05, 0.1) is 12.6 Å². The Balaban J connectivity index is 2.33.